The maximum atomic E-state index is 11.7. The molecule has 1 aliphatic rings. The molecular weight excluding hydrogens is 220 g/mol. The molecular formula is C12H16N2O3. The van der Waals surface area contributed by atoms with Gasteiger partial charge in [0.15, 0.2) is 11.3 Å². The van der Waals surface area contributed by atoms with Crippen molar-refractivity contribution >= 4 is 6.09 Å². The van der Waals surface area contributed by atoms with Gasteiger partial charge in [-0.25, -0.2) is 4.79 Å². The van der Waals surface area contributed by atoms with Gasteiger partial charge in [0.2, 0.25) is 0 Å². The van der Waals surface area contributed by atoms with Crippen LogP contribution in [-0.4, -0.2) is 33.4 Å². The summed E-state index contributed by atoms with van der Waals surface area (Å²) in [4.78, 5) is 17.0. The second-order valence-electron chi connectivity index (χ2n) is 4.41. The van der Waals surface area contributed by atoms with Gasteiger partial charge in [-0.3, -0.25) is 9.88 Å². The average Bonchev–Trinajstić information content (AvgIpc) is 2.47. The lowest BCUT2D eigenvalue weighted by atomic mass is 9.87. The molecule has 1 N–H and O–H groups in total. The molecule has 0 aromatic carbocycles. The normalized spacial score (nSPS) is 32.7. The van der Waals surface area contributed by atoms with Crippen LogP contribution < -0.4 is 0 Å². The van der Waals surface area contributed by atoms with Crippen LogP contribution in [0.15, 0.2) is 24.5 Å². The summed E-state index contributed by atoms with van der Waals surface area (Å²) in [7, 11) is 0. The Labute approximate surface area is 100 Å². The molecule has 17 heavy (non-hydrogen) atoms. The number of hydrogen-bond donors (Lipinski definition) is 1. The fraction of sp³-hybridized carbons (Fsp3) is 0.500. The SMILES string of the molecule is CCN1C(=O)OC(C)(c2cccnc2)C1(C)O. The molecule has 0 aliphatic carbocycles. The highest BCUT2D eigenvalue weighted by Crippen LogP contribution is 2.44. The van der Waals surface area contributed by atoms with E-state index >= 15 is 0 Å². The molecule has 0 saturated carbocycles. The van der Waals surface area contributed by atoms with Gasteiger partial charge in [0.05, 0.1) is 0 Å². The molecule has 2 rings (SSSR count). The number of carbonyl (C=O) groups excluding carboxylic acids is 1. The Morgan fingerprint density at radius 1 is 1.53 bits per heavy atom. The van der Waals surface area contributed by atoms with Gasteiger partial charge >= 0.3 is 6.09 Å². The molecule has 1 aliphatic heterocycles. The zero-order chi connectivity index (χ0) is 12.7. The third-order valence-corrected chi connectivity index (χ3v) is 3.47. The predicted molar refractivity (Wildman–Crippen MR) is 61.1 cm³/mol. The second kappa shape index (κ2) is 3.70. The number of amides is 1. The summed E-state index contributed by atoms with van der Waals surface area (Å²) >= 11 is 0. The Hall–Kier alpha value is -1.62. The molecule has 0 radical (unpaired) electrons. The first-order chi connectivity index (χ1) is 7.93. The smallest absolute Gasteiger partial charge is 0.413 e. The molecule has 5 nitrogen and oxygen atoms in total. The maximum absolute atomic E-state index is 11.7. The number of aromatic nitrogens is 1. The zero-order valence-corrected chi connectivity index (χ0v) is 10.2. The standard InChI is InChI=1S/C12H16N2O3/c1-4-14-10(15)17-11(2,12(14,3)16)9-6-5-7-13-8-9/h5-8,16H,4H2,1-3H3. The van der Waals surface area contributed by atoms with E-state index in [0.29, 0.717) is 12.1 Å². The third kappa shape index (κ3) is 1.50. The van der Waals surface area contributed by atoms with Crippen LogP contribution in [0, 0.1) is 0 Å². The number of pyridine rings is 1. The fourth-order valence-corrected chi connectivity index (χ4v) is 2.18. The lowest BCUT2D eigenvalue weighted by Crippen LogP contribution is -2.53. The van der Waals surface area contributed by atoms with Crippen LogP contribution in [0.3, 0.4) is 0 Å². The Morgan fingerprint density at radius 3 is 2.71 bits per heavy atom. The number of ether oxygens (including phenoxy) is 1. The van der Waals surface area contributed by atoms with Gasteiger partial charge in [0, 0.05) is 24.5 Å². The highest BCUT2D eigenvalue weighted by molar-refractivity contribution is 5.72. The molecule has 2 heterocycles. The number of carbonyl (C=O) groups is 1. The summed E-state index contributed by atoms with van der Waals surface area (Å²) in [5.74, 6) is 0. The van der Waals surface area contributed by atoms with Crippen molar-refractivity contribution in [1.82, 2.24) is 9.88 Å². The van der Waals surface area contributed by atoms with E-state index in [1.807, 2.05) is 0 Å². The molecule has 1 saturated heterocycles. The Bertz CT molecular complexity index is 433. The van der Waals surface area contributed by atoms with Crippen molar-refractivity contribution in [2.45, 2.75) is 32.1 Å². The number of rotatable bonds is 2. The summed E-state index contributed by atoms with van der Waals surface area (Å²) in [6, 6.07) is 3.53. The van der Waals surface area contributed by atoms with Crippen LogP contribution in [-0.2, 0) is 10.3 Å². The highest BCUT2D eigenvalue weighted by Gasteiger charge is 2.59. The molecule has 2 atom stereocenters. The molecule has 0 spiro atoms. The molecule has 92 valence electrons. The van der Waals surface area contributed by atoms with Crippen molar-refractivity contribution in [2.24, 2.45) is 0 Å². The predicted octanol–water partition coefficient (Wildman–Crippen LogP) is 1.48. The molecule has 2 unspecified atom stereocenters. The minimum Gasteiger partial charge on any atom is -0.433 e. The van der Waals surface area contributed by atoms with E-state index in [9.17, 15) is 9.90 Å². The molecule has 1 aromatic heterocycles. The van der Waals surface area contributed by atoms with Crippen molar-refractivity contribution in [1.29, 1.82) is 0 Å². The van der Waals surface area contributed by atoms with Crippen molar-refractivity contribution in [3.63, 3.8) is 0 Å². The number of hydrogen-bond acceptors (Lipinski definition) is 4. The van der Waals surface area contributed by atoms with E-state index in [1.165, 1.54) is 4.90 Å². The summed E-state index contributed by atoms with van der Waals surface area (Å²) in [6.07, 6.45) is 2.72. The van der Waals surface area contributed by atoms with E-state index in [0.717, 1.165) is 0 Å². The molecule has 1 fully saturated rings. The number of likely N-dealkylation sites (N-methyl/N-ethyl adjacent to an activating group) is 1. The Morgan fingerprint density at radius 2 is 2.24 bits per heavy atom. The van der Waals surface area contributed by atoms with Crippen LogP contribution in [0.2, 0.25) is 0 Å². The molecule has 0 bridgehead atoms. The van der Waals surface area contributed by atoms with Crippen molar-refractivity contribution < 1.29 is 14.6 Å². The van der Waals surface area contributed by atoms with Crippen LogP contribution >= 0.6 is 0 Å². The van der Waals surface area contributed by atoms with Gasteiger partial charge in [-0.2, -0.15) is 0 Å². The lowest BCUT2D eigenvalue weighted by molar-refractivity contribution is -0.140. The highest BCUT2D eigenvalue weighted by atomic mass is 16.6. The van der Waals surface area contributed by atoms with E-state index in [1.54, 1.807) is 45.3 Å². The fourth-order valence-electron chi connectivity index (χ4n) is 2.18. The van der Waals surface area contributed by atoms with Crippen LogP contribution in [0.5, 0.6) is 0 Å². The van der Waals surface area contributed by atoms with Gasteiger partial charge in [0.25, 0.3) is 0 Å². The third-order valence-electron chi connectivity index (χ3n) is 3.47. The van der Waals surface area contributed by atoms with Gasteiger partial charge in [0.1, 0.15) is 0 Å². The quantitative estimate of drug-likeness (QED) is 0.844. The average molecular weight is 236 g/mol. The topological polar surface area (TPSA) is 62.7 Å². The molecule has 5 heteroatoms. The van der Waals surface area contributed by atoms with Crippen molar-refractivity contribution in [3.05, 3.63) is 30.1 Å². The number of cyclic esters (lactones) is 1. The van der Waals surface area contributed by atoms with E-state index in [4.69, 9.17) is 4.74 Å². The first kappa shape index (κ1) is 11.9. The summed E-state index contributed by atoms with van der Waals surface area (Å²) in [5.41, 5.74) is -1.81. The molecule has 1 aromatic rings. The maximum Gasteiger partial charge on any atom is 0.413 e. The Kier molecular flexibility index (Phi) is 2.58. The summed E-state index contributed by atoms with van der Waals surface area (Å²) in [5, 5.41) is 10.5. The largest absolute Gasteiger partial charge is 0.433 e. The Balaban J connectivity index is 2.49. The zero-order valence-electron chi connectivity index (χ0n) is 10.2. The number of aliphatic hydroxyl groups is 1. The first-order valence-electron chi connectivity index (χ1n) is 5.57. The van der Waals surface area contributed by atoms with Gasteiger partial charge in [-0.1, -0.05) is 6.07 Å². The lowest BCUT2D eigenvalue weighted by Gasteiger charge is -2.37. The van der Waals surface area contributed by atoms with E-state index in [2.05, 4.69) is 4.98 Å². The minimum atomic E-state index is -1.39. The van der Waals surface area contributed by atoms with Crippen LogP contribution in [0.25, 0.3) is 0 Å². The van der Waals surface area contributed by atoms with Gasteiger partial charge in [-0.15, -0.1) is 0 Å². The van der Waals surface area contributed by atoms with Crippen LogP contribution in [0.4, 0.5) is 4.79 Å². The van der Waals surface area contributed by atoms with Crippen LogP contribution in [0.1, 0.15) is 26.3 Å². The number of nitrogens with zero attached hydrogens (tertiary/aromatic N) is 2. The minimum absolute atomic E-state index is 0.391. The molecule has 1 amide bonds. The van der Waals surface area contributed by atoms with E-state index in [-0.39, 0.29) is 0 Å². The first-order valence-corrected chi connectivity index (χ1v) is 5.57. The van der Waals surface area contributed by atoms with E-state index < -0.39 is 17.4 Å². The summed E-state index contributed by atoms with van der Waals surface area (Å²) in [6.45, 7) is 5.46. The van der Waals surface area contributed by atoms with Crippen molar-refractivity contribution in [3.8, 4) is 0 Å². The van der Waals surface area contributed by atoms with Crippen molar-refractivity contribution in [2.75, 3.05) is 6.54 Å². The second-order valence-corrected chi connectivity index (χ2v) is 4.41. The van der Waals surface area contributed by atoms with Gasteiger partial charge in [-0.05, 0) is 26.8 Å². The summed E-state index contributed by atoms with van der Waals surface area (Å²) < 4.78 is 5.35. The van der Waals surface area contributed by atoms with Gasteiger partial charge < -0.3 is 9.84 Å². The monoisotopic (exact) mass is 236 g/mol.